The lowest BCUT2D eigenvalue weighted by Crippen LogP contribution is -2.47. The average molecular weight is 433 g/mol. The molecule has 0 bridgehead atoms. The van der Waals surface area contributed by atoms with Gasteiger partial charge in [0.25, 0.3) is 0 Å². The molecule has 2 N–H and O–H groups in total. The molecule has 1 atom stereocenters. The summed E-state index contributed by atoms with van der Waals surface area (Å²) in [5.74, 6) is -0.123. The number of thiocarbonyl (C=S) groups is 1. The first-order valence-corrected chi connectivity index (χ1v) is 11.2. The zero-order valence-electron chi connectivity index (χ0n) is 16.2. The molecule has 0 saturated heterocycles. The predicted molar refractivity (Wildman–Crippen MR) is 127 cm³/mol. The second-order valence-corrected chi connectivity index (χ2v) is 9.12. The number of aromatic nitrogens is 1. The molecule has 3 aromatic carbocycles. The highest BCUT2D eigenvalue weighted by Gasteiger charge is 2.35. The fourth-order valence-electron chi connectivity index (χ4n) is 4.26. The molecule has 0 spiro atoms. The third-order valence-corrected chi connectivity index (χ3v) is 7.28. The van der Waals surface area contributed by atoms with Crippen LogP contribution in [0.5, 0.6) is 0 Å². The first-order chi connectivity index (χ1) is 14.6. The lowest BCUT2D eigenvalue weighted by atomic mass is 9.97. The monoisotopic (exact) mass is 432 g/mol. The van der Waals surface area contributed by atoms with Crippen LogP contribution < -0.4 is 0 Å². The van der Waals surface area contributed by atoms with Crippen LogP contribution in [-0.2, 0) is 23.5 Å². The van der Waals surface area contributed by atoms with Gasteiger partial charge in [-0.1, -0.05) is 84.6 Å². The van der Waals surface area contributed by atoms with Gasteiger partial charge < -0.3 is 15.0 Å². The molecule has 0 amide bonds. The molecule has 5 rings (SSSR count). The number of carboxylic acids is 1. The zero-order valence-corrected chi connectivity index (χ0v) is 17.8. The van der Waals surface area contributed by atoms with Crippen LogP contribution in [-0.4, -0.2) is 31.3 Å². The summed E-state index contributed by atoms with van der Waals surface area (Å²) in [6.45, 7) is 0.488. The summed E-state index contributed by atoms with van der Waals surface area (Å²) in [5, 5.41) is 13.4. The Hall–Kier alpha value is -2.83. The molecule has 150 valence electrons. The van der Waals surface area contributed by atoms with Gasteiger partial charge in [-0.3, -0.25) is 0 Å². The van der Waals surface area contributed by atoms with Crippen molar-refractivity contribution in [2.45, 2.75) is 24.8 Å². The van der Waals surface area contributed by atoms with E-state index in [1.54, 1.807) is 0 Å². The molecule has 1 aromatic heterocycles. The van der Waals surface area contributed by atoms with Crippen molar-refractivity contribution in [1.29, 1.82) is 0 Å². The molecule has 6 heteroatoms. The number of carbonyl (C=O) groups is 1. The summed E-state index contributed by atoms with van der Waals surface area (Å²) < 4.78 is 0.625. The first-order valence-electron chi connectivity index (χ1n) is 9.83. The molecule has 4 aromatic rings. The van der Waals surface area contributed by atoms with E-state index in [1.807, 2.05) is 41.3 Å². The average Bonchev–Trinajstić information content (AvgIpc) is 3.14. The van der Waals surface area contributed by atoms with Crippen LogP contribution in [0.4, 0.5) is 0 Å². The minimum Gasteiger partial charge on any atom is -0.480 e. The van der Waals surface area contributed by atoms with E-state index in [0.29, 0.717) is 23.0 Å². The van der Waals surface area contributed by atoms with Crippen LogP contribution in [0.15, 0.2) is 66.7 Å². The molecular formula is C24H20N2O2S2. The van der Waals surface area contributed by atoms with E-state index in [2.05, 4.69) is 35.3 Å². The van der Waals surface area contributed by atoms with E-state index in [-0.39, 0.29) is 0 Å². The third kappa shape index (κ3) is 3.36. The van der Waals surface area contributed by atoms with Crippen LogP contribution in [0.25, 0.3) is 21.7 Å². The molecule has 1 aliphatic heterocycles. The quantitative estimate of drug-likeness (QED) is 0.427. The molecule has 0 aliphatic carbocycles. The van der Waals surface area contributed by atoms with E-state index in [4.69, 9.17) is 12.2 Å². The van der Waals surface area contributed by atoms with Gasteiger partial charge in [-0.15, -0.1) is 0 Å². The number of carboxylic acid groups (broad SMARTS) is 1. The Morgan fingerprint density at radius 1 is 1.07 bits per heavy atom. The zero-order chi connectivity index (χ0) is 20.7. The Morgan fingerprint density at radius 2 is 1.80 bits per heavy atom. The Kier molecular flexibility index (Phi) is 4.97. The highest BCUT2D eigenvalue weighted by molar-refractivity contribution is 8.22. The van der Waals surface area contributed by atoms with Gasteiger partial charge in [0, 0.05) is 28.8 Å². The highest BCUT2D eigenvalue weighted by Crippen LogP contribution is 2.33. The van der Waals surface area contributed by atoms with Gasteiger partial charge in [-0.25, -0.2) is 4.79 Å². The molecule has 30 heavy (non-hydrogen) atoms. The van der Waals surface area contributed by atoms with Gasteiger partial charge >= 0.3 is 5.97 Å². The second kappa shape index (κ2) is 7.78. The lowest BCUT2D eigenvalue weighted by Gasteiger charge is -2.34. The van der Waals surface area contributed by atoms with Crippen LogP contribution in [0.3, 0.4) is 0 Å². The molecule has 0 radical (unpaired) electrons. The Balaban J connectivity index is 1.40. The summed E-state index contributed by atoms with van der Waals surface area (Å²) >= 11 is 7.25. The largest absolute Gasteiger partial charge is 0.480 e. The van der Waals surface area contributed by atoms with Crippen molar-refractivity contribution in [3.63, 3.8) is 0 Å². The van der Waals surface area contributed by atoms with Gasteiger partial charge in [-0.2, -0.15) is 0 Å². The molecule has 0 saturated carbocycles. The molecule has 1 aliphatic rings. The minimum atomic E-state index is -0.834. The van der Waals surface area contributed by atoms with Crippen LogP contribution in [0, 0.1) is 0 Å². The number of hydrogen-bond acceptors (Lipinski definition) is 3. The van der Waals surface area contributed by atoms with Gasteiger partial charge in [0.2, 0.25) is 0 Å². The van der Waals surface area contributed by atoms with Crippen LogP contribution >= 0.6 is 24.0 Å². The number of hydrogen-bond donors (Lipinski definition) is 2. The van der Waals surface area contributed by atoms with Gasteiger partial charge in [0.05, 0.1) is 6.54 Å². The number of rotatable bonds is 3. The normalized spacial score (nSPS) is 16.0. The summed E-state index contributed by atoms with van der Waals surface area (Å²) in [7, 11) is 0. The fourth-order valence-corrected chi connectivity index (χ4v) is 5.52. The Labute approximate surface area is 183 Å². The second-order valence-electron chi connectivity index (χ2n) is 7.51. The maximum absolute atomic E-state index is 12.1. The molecule has 4 nitrogen and oxygen atoms in total. The number of fused-ring (bicyclic) bond motifs is 4. The van der Waals surface area contributed by atoms with Crippen molar-refractivity contribution >= 4 is 55.9 Å². The van der Waals surface area contributed by atoms with Crippen LogP contribution in [0.2, 0.25) is 0 Å². The summed E-state index contributed by atoms with van der Waals surface area (Å²) in [6.07, 6.45) is 0.448. The Morgan fingerprint density at radius 3 is 2.63 bits per heavy atom. The lowest BCUT2D eigenvalue weighted by molar-refractivity contribution is -0.142. The Bertz CT molecular complexity index is 1280. The van der Waals surface area contributed by atoms with Crippen molar-refractivity contribution in [3.05, 3.63) is 83.6 Å². The number of nitrogens with one attached hydrogen (secondary N) is 1. The first kappa shape index (κ1) is 19.2. The van der Waals surface area contributed by atoms with E-state index < -0.39 is 12.0 Å². The van der Waals surface area contributed by atoms with Crippen molar-refractivity contribution in [3.8, 4) is 0 Å². The predicted octanol–water partition coefficient (Wildman–Crippen LogP) is 5.35. The van der Waals surface area contributed by atoms with Gasteiger partial charge in [0.1, 0.15) is 10.4 Å². The van der Waals surface area contributed by atoms with Crippen LogP contribution in [0.1, 0.15) is 16.8 Å². The maximum atomic E-state index is 12.1. The smallest absolute Gasteiger partial charge is 0.326 e. The standard InChI is InChI=1S/C24H20N2O2S2/c27-23(28)22-12-19-18-10-3-4-11-20(18)25-21(19)13-26(22)24(29)30-14-16-8-5-7-15-6-1-2-9-17(15)16/h1-11,22,25H,12-14H2,(H,27,28)/t22-/m1/s1. The molecular weight excluding hydrogens is 412 g/mol. The minimum absolute atomic E-state index is 0.448. The van der Waals surface area contributed by atoms with E-state index in [1.165, 1.54) is 28.1 Å². The van der Waals surface area contributed by atoms with E-state index in [0.717, 1.165) is 22.2 Å². The number of para-hydroxylation sites is 1. The third-order valence-electron chi connectivity index (χ3n) is 5.75. The summed E-state index contributed by atoms with van der Waals surface area (Å²) in [6, 6.07) is 22.0. The van der Waals surface area contributed by atoms with E-state index in [9.17, 15) is 9.90 Å². The molecule has 0 fully saturated rings. The highest BCUT2D eigenvalue weighted by atomic mass is 32.2. The number of aliphatic carboxylic acids is 1. The van der Waals surface area contributed by atoms with Crippen molar-refractivity contribution in [2.24, 2.45) is 0 Å². The number of nitrogens with zero attached hydrogens (tertiary/aromatic N) is 1. The van der Waals surface area contributed by atoms with Crippen molar-refractivity contribution < 1.29 is 9.90 Å². The summed E-state index contributed by atoms with van der Waals surface area (Å²) in [5.41, 5.74) is 4.40. The molecule has 0 unspecified atom stereocenters. The number of benzene rings is 3. The van der Waals surface area contributed by atoms with Crippen molar-refractivity contribution in [2.75, 3.05) is 0 Å². The van der Waals surface area contributed by atoms with Gasteiger partial charge in [-0.05, 0) is 28.0 Å². The maximum Gasteiger partial charge on any atom is 0.326 e. The molecule has 2 heterocycles. The van der Waals surface area contributed by atoms with Gasteiger partial charge in [0.15, 0.2) is 0 Å². The number of H-pyrrole nitrogens is 1. The topological polar surface area (TPSA) is 56.3 Å². The SMILES string of the molecule is O=C(O)[C@H]1Cc2c([nH]c3ccccc23)CN1C(=S)SCc1cccc2ccccc12. The van der Waals surface area contributed by atoms with Crippen molar-refractivity contribution in [1.82, 2.24) is 9.88 Å². The number of thioether (sulfide) groups is 1. The fraction of sp³-hybridized carbons (Fsp3) is 0.167. The number of aromatic amines is 1. The summed E-state index contributed by atoms with van der Waals surface area (Å²) in [4.78, 5) is 17.4. The van der Waals surface area contributed by atoms with E-state index >= 15 is 0 Å².